The molecule has 2 N–H and O–H groups in total. The van der Waals surface area contributed by atoms with E-state index in [-0.39, 0.29) is 16.0 Å². The molecule has 2 heterocycles. The lowest BCUT2D eigenvalue weighted by Gasteiger charge is -2.26. The first-order valence-corrected chi connectivity index (χ1v) is 11.1. The fourth-order valence-electron chi connectivity index (χ4n) is 2.78. The number of hydrogen-bond acceptors (Lipinski definition) is 9. The molecule has 1 aliphatic rings. The molecule has 1 unspecified atom stereocenters. The zero-order valence-electron chi connectivity index (χ0n) is 18.5. The van der Waals surface area contributed by atoms with Crippen molar-refractivity contribution in [1.82, 2.24) is 9.55 Å². The first-order valence-electron chi connectivity index (χ1n) is 10.1. The Bertz CT molecular complexity index is 921. The number of amides is 1. The van der Waals surface area contributed by atoms with Crippen LogP contribution in [-0.2, 0) is 18.9 Å². The second-order valence-corrected chi connectivity index (χ2v) is 9.29. The minimum Gasteiger partial charge on any atom is -0.449 e. The lowest BCUT2D eigenvalue weighted by molar-refractivity contribution is -0.149. The summed E-state index contributed by atoms with van der Waals surface area (Å²) >= 11 is 1.69. The molecule has 0 bridgehead atoms. The topological polar surface area (TPSA) is 138 Å². The van der Waals surface area contributed by atoms with E-state index in [4.69, 9.17) is 18.9 Å². The molecule has 0 aromatic carbocycles. The van der Waals surface area contributed by atoms with Gasteiger partial charge >= 0.3 is 23.9 Å². The van der Waals surface area contributed by atoms with Gasteiger partial charge in [-0.05, 0) is 49.8 Å². The van der Waals surface area contributed by atoms with Gasteiger partial charge in [0, 0.05) is 6.20 Å². The van der Waals surface area contributed by atoms with Crippen molar-refractivity contribution in [3.8, 4) is 0 Å². The highest BCUT2D eigenvalue weighted by atomic mass is 127. The molecule has 1 saturated heterocycles. The molecule has 1 fully saturated rings. The van der Waals surface area contributed by atoms with Crippen LogP contribution in [0, 0.1) is 3.57 Å². The van der Waals surface area contributed by atoms with E-state index in [9.17, 15) is 19.5 Å². The third-order valence-corrected chi connectivity index (χ3v) is 5.04. The molecule has 11 nitrogen and oxygen atoms in total. The number of nitrogens with one attached hydrogen (secondary N) is 1. The summed E-state index contributed by atoms with van der Waals surface area (Å²) in [5.74, 6) is -4.10. The number of anilines is 1. The van der Waals surface area contributed by atoms with Gasteiger partial charge in [0.15, 0.2) is 5.82 Å². The Morgan fingerprint density at radius 2 is 2.06 bits per heavy atom. The summed E-state index contributed by atoms with van der Waals surface area (Å²) in [6.45, 7) is 5.73. The quantitative estimate of drug-likeness (QED) is 0.279. The Hall–Kier alpha value is -2.07. The summed E-state index contributed by atoms with van der Waals surface area (Å²) in [5, 5.41) is 11.8. The van der Waals surface area contributed by atoms with E-state index in [0.29, 0.717) is 11.0 Å². The normalized spacial score (nSPS) is 22.0. The first kappa shape index (κ1) is 27.2. The van der Waals surface area contributed by atoms with Gasteiger partial charge in [-0.3, -0.25) is 9.88 Å². The zero-order valence-corrected chi connectivity index (χ0v) is 20.6. The van der Waals surface area contributed by atoms with Gasteiger partial charge in [-0.1, -0.05) is 13.3 Å². The van der Waals surface area contributed by atoms with E-state index >= 15 is 8.78 Å². The molecule has 3 atom stereocenters. The number of carbonyl (C=O) groups excluding carboxylic acids is 2. The van der Waals surface area contributed by atoms with Gasteiger partial charge in [0.1, 0.15) is 11.7 Å². The van der Waals surface area contributed by atoms with Gasteiger partial charge < -0.3 is 24.1 Å². The van der Waals surface area contributed by atoms with Crippen LogP contribution in [0.5, 0.6) is 0 Å². The summed E-state index contributed by atoms with van der Waals surface area (Å²) in [6, 6.07) is 0. The molecule has 0 radical (unpaired) electrons. The van der Waals surface area contributed by atoms with Crippen LogP contribution >= 0.6 is 22.6 Å². The Balaban J connectivity index is 2.25. The maximum atomic E-state index is 15.1. The van der Waals surface area contributed by atoms with Crippen LogP contribution in [0.3, 0.4) is 0 Å². The monoisotopic (exact) mass is 589 g/mol. The zero-order chi connectivity index (χ0) is 25.0. The van der Waals surface area contributed by atoms with Gasteiger partial charge in [0.25, 0.3) is 0 Å². The highest BCUT2D eigenvalue weighted by Crippen LogP contribution is 2.44. The lowest BCUT2D eigenvalue weighted by Crippen LogP contribution is -2.45. The SMILES string of the molecule is CCCCOC(=O)Nc1nc(=O)n([C@@H]2O[C@H](CO)C(OC(=O)OC(C)(C)C)C2(F)F)cc1I. The highest BCUT2D eigenvalue weighted by molar-refractivity contribution is 14.1. The molecule has 1 amide bonds. The van der Waals surface area contributed by atoms with Crippen molar-refractivity contribution in [1.29, 1.82) is 0 Å². The molecular weight excluding hydrogens is 563 g/mol. The summed E-state index contributed by atoms with van der Waals surface area (Å²) in [4.78, 5) is 39.8. The van der Waals surface area contributed by atoms with Crippen LogP contribution in [0.25, 0.3) is 0 Å². The molecule has 0 saturated carbocycles. The number of ether oxygens (including phenoxy) is 4. The van der Waals surface area contributed by atoms with Gasteiger partial charge in [-0.25, -0.2) is 14.4 Å². The van der Waals surface area contributed by atoms with Crippen LogP contribution in [0.1, 0.15) is 46.8 Å². The third kappa shape index (κ3) is 6.96. The number of rotatable bonds is 7. The Morgan fingerprint density at radius 1 is 1.39 bits per heavy atom. The van der Waals surface area contributed by atoms with E-state index in [1.54, 1.807) is 22.6 Å². The van der Waals surface area contributed by atoms with Gasteiger partial charge in [0.05, 0.1) is 16.8 Å². The molecule has 33 heavy (non-hydrogen) atoms. The van der Waals surface area contributed by atoms with E-state index in [2.05, 4.69) is 10.3 Å². The summed E-state index contributed by atoms with van der Waals surface area (Å²) in [5.41, 5.74) is -2.17. The number of carbonyl (C=O) groups is 2. The number of nitrogens with zero attached hydrogens (tertiary/aromatic N) is 2. The highest BCUT2D eigenvalue weighted by Gasteiger charge is 2.62. The molecule has 1 aromatic heterocycles. The first-order chi connectivity index (χ1) is 15.3. The molecular formula is C19H26F2IN3O8. The van der Waals surface area contributed by atoms with E-state index in [1.165, 1.54) is 20.8 Å². The smallest absolute Gasteiger partial charge is 0.449 e. The largest absolute Gasteiger partial charge is 0.509 e. The number of aliphatic hydroxyl groups excluding tert-OH is 1. The van der Waals surface area contributed by atoms with Crippen molar-refractivity contribution in [3.63, 3.8) is 0 Å². The van der Waals surface area contributed by atoms with Crippen molar-refractivity contribution in [3.05, 3.63) is 20.3 Å². The third-order valence-electron chi connectivity index (χ3n) is 4.25. The van der Waals surface area contributed by atoms with Crippen molar-refractivity contribution >= 4 is 40.7 Å². The Labute approximate surface area is 201 Å². The summed E-state index contributed by atoms with van der Waals surface area (Å²) in [6.07, 6.45) is -5.86. The molecule has 1 aliphatic heterocycles. The molecule has 0 aliphatic carbocycles. The van der Waals surface area contributed by atoms with Crippen LogP contribution in [-0.4, -0.2) is 63.9 Å². The van der Waals surface area contributed by atoms with Crippen LogP contribution in [0.4, 0.5) is 24.2 Å². The van der Waals surface area contributed by atoms with E-state index in [1.807, 2.05) is 6.92 Å². The Kier molecular flexibility index (Phi) is 8.98. The summed E-state index contributed by atoms with van der Waals surface area (Å²) in [7, 11) is 0. The van der Waals surface area contributed by atoms with Crippen molar-refractivity contribution < 1.29 is 42.4 Å². The average Bonchev–Trinajstić information content (AvgIpc) is 2.93. The van der Waals surface area contributed by atoms with Crippen LogP contribution in [0.15, 0.2) is 11.0 Å². The predicted molar refractivity (Wildman–Crippen MR) is 118 cm³/mol. The van der Waals surface area contributed by atoms with Crippen molar-refractivity contribution in [2.24, 2.45) is 0 Å². The molecule has 14 heteroatoms. The fraction of sp³-hybridized carbons (Fsp3) is 0.684. The van der Waals surface area contributed by atoms with Gasteiger partial charge in [0.2, 0.25) is 12.3 Å². The number of aliphatic hydroxyl groups is 1. The number of hydrogen-bond donors (Lipinski definition) is 2. The second-order valence-electron chi connectivity index (χ2n) is 8.13. The van der Waals surface area contributed by atoms with E-state index < -0.39 is 54.5 Å². The maximum Gasteiger partial charge on any atom is 0.509 e. The molecule has 0 spiro atoms. The Morgan fingerprint density at radius 3 is 2.64 bits per heavy atom. The lowest BCUT2D eigenvalue weighted by atomic mass is 10.1. The number of aromatic nitrogens is 2. The minimum atomic E-state index is -3.92. The minimum absolute atomic E-state index is 0.135. The molecule has 2 rings (SSSR count). The number of halogens is 3. The number of unbranched alkanes of at least 4 members (excludes halogenated alkanes) is 1. The predicted octanol–water partition coefficient (Wildman–Crippen LogP) is 3.04. The van der Waals surface area contributed by atoms with Crippen LogP contribution < -0.4 is 11.0 Å². The van der Waals surface area contributed by atoms with Gasteiger partial charge in [-0.2, -0.15) is 13.8 Å². The van der Waals surface area contributed by atoms with Gasteiger partial charge in [-0.15, -0.1) is 0 Å². The average molecular weight is 589 g/mol. The standard InChI is InChI=1S/C19H26F2IN3O8/c1-5-6-7-30-16(28)24-13-10(22)8-25(15(27)23-13)14-19(20,21)12(11(9-26)31-14)32-17(29)33-18(2,3)4/h8,11-12,14,26H,5-7,9H2,1-4H3,(H,23,24,27,28)/t11-,12?,14-/m1/s1. The van der Waals surface area contributed by atoms with Crippen molar-refractivity contribution in [2.75, 3.05) is 18.5 Å². The van der Waals surface area contributed by atoms with Crippen LogP contribution in [0.2, 0.25) is 0 Å². The summed E-state index contributed by atoms with van der Waals surface area (Å²) < 4.78 is 50.6. The second kappa shape index (κ2) is 10.9. The molecule has 186 valence electrons. The number of alkyl halides is 2. The fourth-order valence-corrected chi connectivity index (χ4v) is 3.34. The maximum absolute atomic E-state index is 15.1. The molecule has 1 aromatic rings. The van der Waals surface area contributed by atoms with Crippen molar-refractivity contribution in [2.45, 2.75) is 70.5 Å². The van der Waals surface area contributed by atoms with E-state index in [0.717, 1.165) is 12.6 Å².